The van der Waals surface area contributed by atoms with Gasteiger partial charge in [0.05, 0.1) is 6.04 Å². The minimum Gasteiger partial charge on any atom is -0.368 e. The van der Waals surface area contributed by atoms with Gasteiger partial charge >= 0.3 is 0 Å². The first-order chi connectivity index (χ1) is 7.52. The number of carbonyl (C=O) groups is 1. The Hall–Kier alpha value is -0.610. The molecule has 0 aliphatic carbocycles. The second-order valence-corrected chi connectivity index (χ2v) is 5.02. The number of nitrogens with two attached hydrogens (primary N) is 1. The van der Waals surface area contributed by atoms with Crippen LogP contribution in [0.1, 0.15) is 40.0 Å². The van der Waals surface area contributed by atoms with E-state index in [1.165, 1.54) is 19.3 Å². The summed E-state index contributed by atoms with van der Waals surface area (Å²) < 4.78 is 0. The molecule has 1 aliphatic rings. The van der Waals surface area contributed by atoms with Crippen molar-refractivity contribution in [3.63, 3.8) is 0 Å². The molecule has 0 radical (unpaired) electrons. The van der Waals surface area contributed by atoms with Gasteiger partial charge in [-0.05, 0) is 40.2 Å². The number of primary amides is 1. The summed E-state index contributed by atoms with van der Waals surface area (Å²) in [7, 11) is 0. The second kappa shape index (κ2) is 6.21. The Labute approximate surface area is 98.6 Å². The number of carbonyl (C=O) groups excluding carboxylic acids is 1. The molecule has 4 nitrogen and oxygen atoms in total. The first-order valence-corrected chi connectivity index (χ1v) is 6.30. The van der Waals surface area contributed by atoms with Crippen LogP contribution in [0.25, 0.3) is 0 Å². The standard InChI is InChI=1S/C12H25N3O/c1-9(2)15(10(3)12(13)16)8-11-6-4-5-7-14-11/h9-11,14H,4-8H2,1-3H3,(H2,13,16). The lowest BCUT2D eigenvalue weighted by atomic mass is 10.0. The van der Waals surface area contributed by atoms with Crippen LogP contribution < -0.4 is 11.1 Å². The smallest absolute Gasteiger partial charge is 0.234 e. The predicted molar refractivity (Wildman–Crippen MR) is 66.1 cm³/mol. The fourth-order valence-electron chi connectivity index (χ4n) is 2.31. The van der Waals surface area contributed by atoms with E-state index in [-0.39, 0.29) is 11.9 Å². The minimum absolute atomic E-state index is 0.177. The zero-order valence-electron chi connectivity index (χ0n) is 10.7. The Bertz CT molecular complexity index is 224. The maximum Gasteiger partial charge on any atom is 0.234 e. The Morgan fingerprint density at radius 3 is 2.56 bits per heavy atom. The Kier molecular flexibility index (Phi) is 5.22. The van der Waals surface area contributed by atoms with E-state index in [0.717, 1.165) is 13.1 Å². The van der Waals surface area contributed by atoms with E-state index in [1.54, 1.807) is 0 Å². The van der Waals surface area contributed by atoms with Crippen molar-refractivity contribution in [3.05, 3.63) is 0 Å². The second-order valence-electron chi connectivity index (χ2n) is 5.02. The van der Waals surface area contributed by atoms with Gasteiger partial charge in [-0.1, -0.05) is 6.42 Å². The highest BCUT2D eigenvalue weighted by molar-refractivity contribution is 5.79. The molecule has 1 amide bonds. The van der Waals surface area contributed by atoms with Crippen LogP contribution in [0.4, 0.5) is 0 Å². The largest absolute Gasteiger partial charge is 0.368 e. The Balaban J connectivity index is 2.52. The highest BCUT2D eigenvalue weighted by Gasteiger charge is 2.25. The van der Waals surface area contributed by atoms with Crippen molar-refractivity contribution in [2.45, 2.75) is 58.2 Å². The summed E-state index contributed by atoms with van der Waals surface area (Å²) in [4.78, 5) is 13.4. The molecule has 1 fully saturated rings. The molecule has 94 valence electrons. The lowest BCUT2D eigenvalue weighted by molar-refractivity contribution is -0.123. The van der Waals surface area contributed by atoms with Gasteiger partial charge in [-0.2, -0.15) is 0 Å². The third-order valence-electron chi connectivity index (χ3n) is 3.42. The average molecular weight is 227 g/mol. The van der Waals surface area contributed by atoms with Crippen LogP contribution in [0, 0.1) is 0 Å². The first-order valence-electron chi connectivity index (χ1n) is 6.30. The zero-order chi connectivity index (χ0) is 12.1. The van der Waals surface area contributed by atoms with E-state index in [9.17, 15) is 4.79 Å². The summed E-state index contributed by atoms with van der Waals surface area (Å²) >= 11 is 0. The summed E-state index contributed by atoms with van der Waals surface area (Å²) in [5, 5.41) is 3.50. The maximum absolute atomic E-state index is 11.2. The van der Waals surface area contributed by atoms with Crippen LogP contribution in [0.3, 0.4) is 0 Å². The van der Waals surface area contributed by atoms with Crippen LogP contribution in [-0.2, 0) is 4.79 Å². The summed E-state index contributed by atoms with van der Waals surface area (Å²) in [6, 6.07) is 0.688. The maximum atomic E-state index is 11.2. The van der Waals surface area contributed by atoms with Crippen molar-refractivity contribution >= 4 is 5.91 Å². The number of rotatable bonds is 5. The van der Waals surface area contributed by atoms with Gasteiger partial charge in [0.25, 0.3) is 0 Å². The summed E-state index contributed by atoms with van der Waals surface area (Å²) in [5.74, 6) is -0.232. The third kappa shape index (κ3) is 3.76. The van der Waals surface area contributed by atoms with Crippen LogP contribution in [0.15, 0.2) is 0 Å². The van der Waals surface area contributed by atoms with Crippen LogP contribution in [-0.4, -0.2) is 42.0 Å². The minimum atomic E-state index is -0.232. The van der Waals surface area contributed by atoms with E-state index in [4.69, 9.17) is 5.73 Å². The van der Waals surface area contributed by atoms with E-state index in [1.807, 2.05) is 6.92 Å². The molecule has 1 saturated heterocycles. The zero-order valence-corrected chi connectivity index (χ0v) is 10.7. The van der Waals surface area contributed by atoms with Crippen LogP contribution >= 0.6 is 0 Å². The van der Waals surface area contributed by atoms with Gasteiger partial charge in [0.15, 0.2) is 0 Å². The van der Waals surface area contributed by atoms with Crippen LogP contribution in [0.2, 0.25) is 0 Å². The third-order valence-corrected chi connectivity index (χ3v) is 3.42. The highest BCUT2D eigenvalue weighted by Crippen LogP contribution is 2.12. The van der Waals surface area contributed by atoms with Gasteiger partial charge in [-0.25, -0.2) is 0 Å². The number of amides is 1. The number of hydrogen-bond acceptors (Lipinski definition) is 3. The molecule has 1 aliphatic heterocycles. The quantitative estimate of drug-likeness (QED) is 0.727. The summed E-state index contributed by atoms with van der Waals surface area (Å²) in [5.41, 5.74) is 5.38. The molecule has 0 saturated carbocycles. The molecule has 2 unspecified atom stereocenters. The van der Waals surface area contributed by atoms with E-state index in [0.29, 0.717) is 12.1 Å². The molecule has 0 aromatic rings. The van der Waals surface area contributed by atoms with Crippen molar-refractivity contribution in [2.75, 3.05) is 13.1 Å². The van der Waals surface area contributed by atoms with E-state index in [2.05, 4.69) is 24.1 Å². The Morgan fingerprint density at radius 1 is 1.44 bits per heavy atom. The van der Waals surface area contributed by atoms with Gasteiger partial charge < -0.3 is 11.1 Å². The predicted octanol–water partition coefficient (Wildman–Crippen LogP) is 0.713. The number of nitrogens with zero attached hydrogens (tertiary/aromatic N) is 1. The molecule has 0 spiro atoms. The number of nitrogens with one attached hydrogen (secondary N) is 1. The number of piperidine rings is 1. The molecule has 0 bridgehead atoms. The number of hydrogen-bond donors (Lipinski definition) is 2. The topological polar surface area (TPSA) is 58.4 Å². The van der Waals surface area contributed by atoms with Crippen molar-refractivity contribution in [1.29, 1.82) is 0 Å². The fourth-order valence-corrected chi connectivity index (χ4v) is 2.31. The highest BCUT2D eigenvalue weighted by atomic mass is 16.1. The van der Waals surface area contributed by atoms with E-state index < -0.39 is 0 Å². The lowest BCUT2D eigenvalue weighted by Crippen LogP contribution is -2.52. The molecular weight excluding hydrogens is 202 g/mol. The van der Waals surface area contributed by atoms with Gasteiger partial charge in [-0.15, -0.1) is 0 Å². The monoisotopic (exact) mass is 227 g/mol. The van der Waals surface area contributed by atoms with Crippen LogP contribution in [0.5, 0.6) is 0 Å². The molecule has 0 aromatic heterocycles. The van der Waals surface area contributed by atoms with Gasteiger partial charge in [0.1, 0.15) is 0 Å². The normalized spacial score (nSPS) is 23.7. The summed E-state index contributed by atoms with van der Waals surface area (Å²) in [6.07, 6.45) is 3.76. The van der Waals surface area contributed by atoms with E-state index >= 15 is 0 Å². The van der Waals surface area contributed by atoms with Crippen molar-refractivity contribution in [3.8, 4) is 0 Å². The molecule has 3 N–H and O–H groups in total. The molecule has 16 heavy (non-hydrogen) atoms. The molecule has 2 atom stereocenters. The molecular formula is C12H25N3O. The fraction of sp³-hybridized carbons (Fsp3) is 0.917. The lowest BCUT2D eigenvalue weighted by Gasteiger charge is -2.35. The van der Waals surface area contributed by atoms with Gasteiger partial charge in [0, 0.05) is 18.6 Å². The van der Waals surface area contributed by atoms with Crippen molar-refractivity contribution < 1.29 is 4.79 Å². The SMILES string of the molecule is CC(C)N(CC1CCCCN1)C(C)C(N)=O. The average Bonchev–Trinajstić information content (AvgIpc) is 2.26. The molecule has 1 heterocycles. The Morgan fingerprint density at radius 2 is 2.12 bits per heavy atom. The summed E-state index contributed by atoms with van der Waals surface area (Å²) in [6.45, 7) is 8.14. The van der Waals surface area contributed by atoms with Gasteiger partial charge in [-0.3, -0.25) is 9.69 Å². The van der Waals surface area contributed by atoms with Crippen molar-refractivity contribution in [2.24, 2.45) is 5.73 Å². The van der Waals surface area contributed by atoms with Gasteiger partial charge in [0.2, 0.25) is 5.91 Å². The first kappa shape index (κ1) is 13.5. The molecule has 4 heteroatoms. The molecule has 1 rings (SSSR count). The van der Waals surface area contributed by atoms with Crippen molar-refractivity contribution in [1.82, 2.24) is 10.2 Å². The molecule has 0 aromatic carbocycles.